The van der Waals surface area contributed by atoms with Gasteiger partial charge in [0.15, 0.2) is 0 Å². The van der Waals surface area contributed by atoms with Gasteiger partial charge in [-0.05, 0) is 30.5 Å². The van der Waals surface area contributed by atoms with Crippen LogP contribution in [0.2, 0.25) is 0 Å². The number of aliphatic hydroxyl groups is 1. The van der Waals surface area contributed by atoms with E-state index in [1.165, 1.54) is 12.1 Å². The lowest BCUT2D eigenvalue weighted by molar-refractivity contribution is -0.137. The Hall–Kier alpha value is -1.56. The molecule has 1 saturated carbocycles. The summed E-state index contributed by atoms with van der Waals surface area (Å²) in [5.41, 5.74) is -0.126. The van der Waals surface area contributed by atoms with Crippen LogP contribution in [-0.4, -0.2) is 35.1 Å². The molecule has 6 heteroatoms. The van der Waals surface area contributed by atoms with E-state index in [1.54, 1.807) is 4.90 Å². The van der Waals surface area contributed by atoms with Crippen LogP contribution < -0.4 is 0 Å². The normalized spacial score (nSPS) is 28.0. The van der Waals surface area contributed by atoms with Gasteiger partial charge in [-0.3, -0.25) is 4.79 Å². The maximum atomic E-state index is 12.5. The number of hydrogen-bond acceptors (Lipinski definition) is 2. The fraction of sp³-hybridized carbons (Fsp3) is 0.562. The molecule has 1 aromatic rings. The first-order valence-corrected chi connectivity index (χ1v) is 7.46. The number of halogens is 3. The second kappa shape index (κ2) is 5.57. The van der Waals surface area contributed by atoms with Crippen LogP contribution in [0.5, 0.6) is 0 Å². The molecular weight excluding hydrogens is 295 g/mol. The van der Waals surface area contributed by atoms with E-state index in [9.17, 15) is 23.1 Å². The first kappa shape index (κ1) is 15.3. The Kier molecular flexibility index (Phi) is 3.89. The summed E-state index contributed by atoms with van der Waals surface area (Å²) in [7, 11) is 0. The van der Waals surface area contributed by atoms with E-state index in [0.717, 1.165) is 25.0 Å². The second-order valence-corrected chi connectivity index (χ2v) is 6.26. The number of rotatable bonds is 2. The van der Waals surface area contributed by atoms with Gasteiger partial charge in [-0.15, -0.1) is 0 Å². The number of carbonyl (C=O) groups excluding carboxylic acids is 1. The topological polar surface area (TPSA) is 40.5 Å². The molecule has 1 N–H and O–H groups in total. The van der Waals surface area contributed by atoms with E-state index in [4.69, 9.17) is 0 Å². The zero-order valence-corrected chi connectivity index (χ0v) is 12.0. The van der Waals surface area contributed by atoms with Gasteiger partial charge in [0.05, 0.1) is 18.1 Å². The summed E-state index contributed by atoms with van der Waals surface area (Å²) in [6, 6.07) is 4.72. The number of alkyl halides is 3. The Morgan fingerprint density at radius 1 is 1.14 bits per heavy atom. The van der Waals surface area contributed by atoms with Crippen LogP contribution in [0.15, 0.2) is 24.3 Å². The maximum absolute atomic E-state index is 12.5. The third-order valence-corrected chi connectivity index (χ3v) is 4.77. The number of nitrogens with zero attached hydrogens (tertiary/aromatic N) is 1. The van der Waals surface area contributed by atoms with Gasteiger partial charge in [-0.2, -0.15) is 13.2 Å². The minimum atomic E-state index is -4.36. The summed E-state index contributed by atoms with van der Waals surface area (Å²) in [4.78, 5) is 14.0. The first-order valence-electron chi connectivity index (χ1n) is 7.46. The van der Waals surface area contributed by atoms with Crippen LogP contribution in [0.4, 0.5) is 13.2 Å². The minimum absolute atomic E-state index is 0.0800. The number of piperidine rings is 1. The Morgan fingerprint density at radius 3 is 2.18 bits per heavy atom. The van der Waals surface area contributed by atoms with Gasteiger partial charge in [0.1, 0.15) is 0 Å². The van der Waals surface area contributed by atoms with Gasteiger partial charge < -0.3 is 10.0 Å². The number of hydrogen-bond donors (Lipinski definition) is 1. The molecule has 0 aromatic heterocycles. The first-order chi connectivity index (χ1) is 10.3. The van der Waals surface area contributed by atoms with E-state index in [0.29, 0.717) is 18.7 Å². The number of likely N-dealkylation sites (tertiary alicyclic amines) is 1. The fourth-order valence-electron chi connectivity index (χ4n) is 3.50. The third kappa shape index (κ3) is 2.97. The van der Waals surface area contributed by atoms with Gasteiger partial charge >= 0.3 is 6.18 Å². The van der Waals surface area contributed by atoms with E-state index in [-0.39, 0.29) is 30.3 Å². The van der Waals surface area contributed by atoms with Crippen LogP contribution in [0, 0.1) is 11.8 Å². The molecule has 0 radical (unpaired) electrons. The number of benzene rings is 1. The molecule has 0 spiro atoms. The zero-order valence-electron chi connectivity index (χ0n) is 12.0. The average molecular weight is 313 g/mol. The maximum Gasteiger partial charge on any atom is 0.416 e. The quantitative estimate of drug-likeness (QED) is 0.911. The number of amides is 1. The van der Waals surface area contributed by atoms with Crippen molar-refractivity contribution in [3.05, 3.63) is 35.4 Å². The molecule has 22 heavy (non-hydrogen) atoms. The zero-order chi connectivity index (χ0) is 15.9. The van der Waals surface area contributed by atoms with Crippen LogP contribution in [0.3, 0.4) is 0 Å². The molecule has 1 heterocycles. The summed E-state index contributed by atoms with van der Waals surface area (Å²) in [5, 5.41) is 9.96. The van der Waals surface area contributed by atoms with E-state index in [1.807, 2.05) is 0 Å². The van der Waals surface area contributed by atoms with Crippen LogP contribution in [0.25, 0.3) is 0 Å². The predicted molar refractivity (Wildman–Crippen MR) is 73.9 cm³/mol. The third-order valence-electron chi connectivity index (χ3n) is 4.77. The van der Waals surface area contributed by atoms with Gasteiger partial charge in [0, 0.05) is 24.9 Å². The average Bonchev–Trinajstić information content (AvgIpc) is 2.69. The molecule has 1 aromatic carbocycles. The molecule has 1 aliphatic carbocycles. The lowest BCUT2D eigenvalue weighted by Gasteiger charge is -2.35. The van der Waals surface area contributed by atoms with Gasteiger partial charge in [-0.1, -0.05) is 12.1 Å². The summed E-state index contributed by atoms with van der Waals surface area (Å²) >= 11 is 0. The Bertz CT molecular complexity index is 542. The Morgan fingerprint density at radius 2 is 1.68 bits per heavy atom. The van der Waals surface area contributed by atoms with Crippen molar-refractivity contribution >= 4 is 5.91 Å². The van der Waals surface area contributed by atoms with Crippen molar-refractivity contribution in [2.75, 3.05) is 13.1 Å². The summed E-state index contributed by atoms with van der Waals surface area (Å²) in [5.74, 6) is 0.217. The van der Waals surface area contributed by atoms with Crippen molar-refractivity contribution in [3.8, 4) is 0 Å². The number of aliphatic hydroxyl groups excluding tert-OH is 1. The van der Waals surface area contributed by atoms with Crippen molar-refractivity contribution < 1.29 is 23.1 Å². The summed E-state index contributed by atoms with van der Waals surface area (Å²) in [6.45, 7) is 1.11. The molecule has 3 nitrogen and oxygen atoms in total. The van der Waals surface area contributed by atoms with Crippen molar-refractivity contribution in [2.24, 2.45) is 11.8 Å². The molecule has 1 saturated heterocycles. The molecule has 3 atom stereocenters. The van der Waals surface area contributed by atoms with Gasteiger partial charge in [-0.25, -0.2) is 0 Å². The van der Waals surface area contributed by atoms with Crippen molar-refractivity contribution in [2.45, 2.75) is 31.5 Å². The summed E-state index contributed by atoms with van der Waals surface area (Å²) in [6.07, 6.45) is -2.68. The number of carbonyl (C=O) groups is 1. The highest BCUT2D eigenvalue weighted by atomic mass is 19.4. The molecule has 2 bridgehead atoms. The summed E-state index contributed by atoms with van der Waals surface area (Å²) < 4.78 is 37.5. The molecular formula is C16H18F3NO2. The van der Waals surface area contributed by atoms with Crippen LogP contribution in [-0.2, 0) is 17.4 Å². The lowest BCUT2D eigenvalue weighted by Crippen LogP contribution is -2.47. The highest BCUT2D eigenvalue weighted by Gasteiger charge is 2.42. The molecule has 2 aliphatic rings. The molecule has 2 fully saturated rings. The van der Waals surface area contributed by atoms with Crippen molar-refractivity contribution in [1.82, 2.24) is 4.90 Å². The molecule has 1 aliphatic heterocycles. The Labute approximate surface area is 126 Å². The van der Waals surface area contributed by atoms with Gasteiger partial charge in [0.2, 0.25) is 5.91 Å². The molecule has 120 valence electrons. The monoisotopic (exact) mass is 313 g/mol. The molecule has 3 rings (SSSR count). The van der Waals surface area contributed by atoms with E-state index < -0.39 is 11.7 Å². The molecule has 1 unspecified atom stereocenters. The SMILES string of the molecule is O=C(Cc1ccc(C(F)(F)F)cc1)N1C[C@H]2CC[C@@H](C1)C2O. The largest absolute Gasteiger partial charge is 0.416 e. The fourth-order valence-corrected chi connectivity index (χ4v) is 3.50. The van der Waals surface area contributed by atoms with E-state index in [2.05, 4.69) is 0 Å². The van der Waals surface area contributed by atoms with E-state index >= 15 is 0 Å². The van der Waals surface area contributed by atoms with Gasteiger partial charge in [0.25, 0.3) is 0 Å². The van der Waals surface area contributed by atoms with Crippen molar-refractivity contribution in [3.63, 3.8) is 0 Å². The lowest BCUT2D eigenvalue weighted by atomic mass is 9.94. The highest BCUT2D eigenvalue weighted by Crippen LogP contribution is 2.37. The Balaban J connectivity index is 1.63. The minimum Gasteiger partial charge on any atom is -0.392 e. The highest BCUT2D eigenvalue weighted by molar-refractivity contribution is 5.79. The van der Waals surface area contributed by atoms with Crippen molar-refractivity contribution in [1.29, 1.82) is 0 Å². The smallest absolute Gasteiger partial charge is 0.392 e. The predicted octanol–water partition coefficient (Wildman–Crippen LogP) is 2.48. The molecule has 1 amide bonds. The van der Waals surface area contributed by atoms with Crippen LogP contribution in [0.1, 0.15) is 24.0 Å². The second-order valence-electron chi connectivity index (χ2n) is 6.26. The number of fused-ring (bicyclic) bond motifs is 2. The van der Waals surface area contributed by atoms with Crippen LogP contribution >= 0.6 is 0 Å². The standard InChI is InChI=1S/C16H18F3NO2/c17-16(18,19)13-5-1-10(2-6-13)7-14(21)20-8-11-3-4-12(9-20)15(11)22/h1-2,5-6,11-12,15,22H,3-4,7-9H2/t11-,12+,15?.